The lowest BCUT2D eigenvalue weighted by atomic mass is 9.97. The number of benzene rings is 2. The lowest BCUT2D eigenvalue weighted by Crippen LogP contribution is -2.38. The van der Waals surface area contributed by atoms with Crippen molar-refractivity contribution in [2.24, 2.45) is 0 Å². The molecule has 0 saturated carbocycles. The van der Waals surface area contributed by atoms with Gasteiger partial charge < -0.3 is 20.0 Å². The van der Waals surface area contributed by atoms with E-state index in [1.54, 1.807) is 6.20 Å². The fourth-order valence-electron chi connectivity index (χ4n) is 4.61. The molecule has 1 saturated heterocycles. The Hall–Kier alpha value is -3.68. The Morgan fingerprint density at radius 3 is 2.66 bits per heavy atom. The third-order valence-electron chi connectivity index (χ3n) is 6.53. The van der Waals surface area contributed by atoms with Gasteiger partial charge in [-0.2, -0.15) is 0 Å². The highest BCUT2D eigenvalue weighted by Crippen LogP contribution is 2.37. The maximum absolute atomic E-state index is 13.0. The molecule has 1 amide bonds. The van der Waals surface area contributed by atoms with Gasteiger partial charge in [-0.15, -0.1) is 0 Å². The number of aryl methyl sites for hydroxylation is 1. The highest BCUT2D eigenvalue weighted by atomic mass is 16.5. The van der Waals surface area contributed by atoms with E-state index in [0.29, 0.717) is 17.7 Å². The van der Waals surface area contributed by atoms with Gasteiger partial charge >= 0.3 is 0 Å². The molecule has 0 atom stereocenters. The van der Waals surface area contributed by atoms with Gasteiger partial charge in [-0.05, 0) is 55.8 Å². The summed E-state index contributed by atoms with van der Waals surface area (Å²) in [4.78, 5) is 34.1. The standard InChI is InChI=1S/C28H30N4O3/c1-19-5-7-20(8-6-19)25-23-18-21(27(33)29-12-3-13-32-14-16-35-17-15-32)9-10-24(23)31-26(25)22-4-2-11-30-28(22)34/h2,4-11,18,31H,3,12-17H2,1H3,(H,29,33)(H,30,34). The smallest absolute Gasteiger partial charge is 0.257 e. The van der Waals surface area contributed by atoms with Crippen molar-refractivity contribution in [2.45, 2.75) is 13.3 Å². The van der Waals surface area contributed by atoms with Gasteiger partial charge in [0.05, 0.1) is 24.5 Å². The lowest BCUT2D eigenvalue weighted by Gasteiger charge is -2.26. The summed E-state index contributed by atoms with van der Waals surface area (Å²) in [6.07, 6.45) is 2.52. The number of hydrogen-bond donors (Lipinski definition) is 3. The summed E-state index contributed by atoms with van der Waals surface area (Å²) >= 11 is 0. The minimum atomic E-state index is -0.161. The van der Waals surface area contributed by atoms with Crippen LogP contribution >= 0.6 is 0 Å². The first-order chi connectivity index (χ1) is 17.1. The Labute approximate surface area is 204 Å². The average molecular weight is 471 g/mol. The molecule has 0 aliphatic carbocycles. The Bertz CT molecular complexity index is 1380. The molecule has 0 unspecified atom stereocenters. The number of morpholine rings is 1. The second-order valence-corrected chi connectivity index (χ2v) is 8.98. The molecule has 1 aliphatic rings. The number of carbonyl (C=O) groups is 1. The van der Waals surface area contributed by atoms with Crippen LogP contribution in [0.2, 0.25) is 0 Å². The molecule has 1 aliphatic heterocycles. The minimum Gasteiger partial charge on any atom is -0.379 e. The van der Waals surface area contributed by atoms with Crippen LogP contribution in [0.5, 0.6) is 0 Å². The number of pyridine rings is 1. The zero-order chi connectivity index (χ0) is 24.2. The second kappa shape index (κ2) is 10.3. The number of H-pyrrole nitrogens is 2. The summed E-state index contributed by atoms with van der Waals surface area (Å²) < 4.78 is 5.39. The van der Waals surface area contributed by atoms with E-state index in [2.05, 4.69) is 44.5 Å². The van der Waals surface area contributed by atoms with Crippen LogP contribution in [0.4, 0.5) is 0 Å². The number of nitrogens with one attached hydrogen (secondary N) is 3. The first-order valence-corrected chi connectivity index (χ1v) is 12.1. The molecule has 0 spiro atoms. The van der Waals surface area contributed by atoms with Crippen LogP contribution in [0.1, 0.15) is 22.3 Å². The topological polar surface area (TPSA) is 90.2 Å². The molecule has 2 aromatic heterocycles. The molecular weight excluding hydrogens is 440 g/mol. The van der Waals surface area contributed by atoms with Crippen molar-refractivity contribution in [1.82, 2.24) is 20.2 Å². The Balaban J connectivity index is 1.44. The van der Waals surface area contributed by atoms with Gasteiger partial charge in [0.25, 0.3) is 11.5 Å². The predicted molar refractivity (Wildman–Crippen MR) is 139 cm³/mol. The molecule has 0 radical (unpaired) electrons. The quantitative estimate of drug-likeness (QED) is 0.357. The van der Waals surface area contributed by atoms with Gasteiger partial charge in [-0.25, -0.2) is 0 Å². The van der Waals surface area contributed by atoms with Crippen molar-refractivity contribution in [3.8, 4) is 22.4 Å². The number of hydrogen-bond acceptors (Lipinski definition) is 4. The summed E-state index contributed by atoms with van der Waals surface area (Å²) in [6.45, 7) is 7.08. The largest absolute Gasteiger partial charge is 0.379 e. The zero-order valence-corrected chi connectivity index (χ0v) is 19.9. The number of aromatic nitrogens is 2. The van der Waals surface area contributed by atoms with Crippen LogP contribution in [-0.4, -0.2) is 60.2 Å². The molecule has 0 bridgehead atoms. The number of rotatable bonds is 7. The normalized spacial score (nSPS) is 14.3. The number of fused-ring (bicyclic) bond motifs is 1. The first-order valence-electron chi connectivity index (χ1n) is 12.1. The number of aromatic amines is 2. The van der Waals surface area contributed by atoms with E-state index in [-0.39, 0.29) is 11.5 Å². The van der Waals surface area contributed by atoms with Crippen LogP contribution < -0.4 is 10.9 Å². The predicted octanol–water partition coefficient (Wildman–Crippen LogP) is 3.95. The third kappa shape index (κ3) is 5.06. The van der Waals surface area contributed by atoms with E-state index in [4.69, 9.17) is 4.74 Å². The molecule has 5 rings (SSSR count). The zero-order valence-electron chi connectivity index (χ0n) is 19.9. The highest BCUT2D eigenvalue weighted by molar-refractivity contribution is 6.07. The van der Waals surface area contributed by atoms with Gasteiger partial charge in [0, 0.05) is 47.9 Å². The molecule has 180 valence electrons. The SMILES string of the molecule is Cc1ccc(-c2c(-c3ccc[nH]c3=O)[nH]c3ccc(C(=O)NCCCN4CCOCC4)cc23)cc1. The molecule has 4 aromatic rings. The molecule has 7 heteroatoms. The first kappa shape index (κ1) is 23.1. The molecule has 3 N–H and O–H groups in total. The second-order valence-electron chi connectivity index (χ2n) is 8.98. The van der Waals surface area contributed by atoms with Crippen LogP contribution in [0.25, 0.3) is 33.3 Å². The van der Waals surface area contributed by atoms with E-state index in [9.17, 15) is 9.59 Å². The Kier molecular flexibility index (Phi) is 6.79. The number of ether oxygens (including phenoxy) is 1. The van der Waals surface area contributed by atoms with Crippen molar-refractivity contribution < 1.29 is 9.53 Å². The van der Waals surface area contributed by atoms with Crippen LogP contribution in [0.3, 0.4) is 0 Å². The summed E-state index contributed by atoms with van der Waals surface area (Å²) in [6, 6.07) is 17.5. The average Bonchev–Trinajstić information content (AvgIpc) is 3.26. The van der Waals surface area contributed by atoms with E-state index in [1.165, 1.54) is 0 Å². The van der Waals surface area contributed by atoms with Gasteiger partial charge in [-0.3, -0.25) is 14.5 Å². The summed E-state index contributed by atoms with van der Waals surface area (Å²) in [5.41, 5.74) is 5.69. The molecule has 3 heterocycles. The Morgan fingerprint density at radius 2 is 1.89 bits per heavy atom. The maximum atomic E-state index is 13.0. The van der Waals surface area contributed by atoms with Gasteiger partial charge in [0.15, 0.2) is 0 Å². The van der Waals surface area contributed by atoms with Crippen molar-refractivity contribution >= 4 is 16.8 Å². The summed E-state index contributed by atoms with van der Waals surface area (Å²) in [7, 11) is 0. The summed E-state index contributed by atoms with van der Waals surface area (Å²) in [5, 5.41) is 3.97. The summed E-state index contributed by atoms with van der Waals surface area (Å²) in [5.74, 6) is -0.0935. The van der Waals surface area contributed by atoms with Gasteiger partial charge in [-0.1, -0.05) is 29.8 Å². The van der Waals surface area contributed by atoms with E-state index < -0.39 is 0 Å². The van der Waals surface area contributed by atoms with Crippen molar-refractivity contribution in [1.29, 1.82) is 0 Å². The molecule has 35 heavy (non-hydrogen) atoms. The van der Waals surface area contributed by atoms with E-state index >= 15 is 0 Å². The fraction of sp³-hybridized carbons (Fsp3) is 0.286. The molecule has 2 aromatic carbocycles. The van der Waals surface area contributed by atoms with Crippen molar-refractivity contribution in [3.63, 3.8) is 0 Å². The molecular formula is C28H30N4O3. The van der Waals surface area contributed by atoms with Gasteiger partial charge in [0.1, 0.15) is 0 Å². The third-order valence-corrected chi connectivity index (χ3v) is 6.53. The fourth-order valence-corrected chi connectivity index (χ4v) is 4.61. The molecule has 1 fully saturated rings. The van der Waals surface area contributed by atoms with E-state index in [0.717, 1.165) is 72.6 Å². The molecule has 7 nitrogen and oxygen atoms in total. The number of carbonyl (C=O) groups excluding carboxylic acids is 1. The van der Waals surface area contributed by atoms with E-state index in [1.807, 2.05) is 37.3 Å². The van der Waals surface area contributed by atoms with Crippen LogP contribution in [0.15, 0.2) is 65.6 Å². The minimum absolute atomic E-state index is 0.0935. The number of amides is 1. The van der Waals surface area contributed by atoms with Crippen molar-refractivity contribution in [3.05, 3.63) is 82.3 Å². The lowest BCUT2D eigenvalue weighted by molar-refractivity contribution is 0.0374. The monoisotopic (exact) mass is 470 g/mol. The van der Waals surface area contributed by atoms with Gasteiger partial charge in [0.2, 0.25) is 0 Å². The highest BCUT2D eigenvalue weighted by Gasteiger charge is 2.19. The van der Waals surface area contributed by atoms with Crippen LogP contribution in [-0.2, 0) is 4.74 Å². The number of nitrogens with zero attached hydrogens (tertiary/aromatic N) is 1. The Morgan fingerprint density at radius 1 is 1.09 bits per heavy atom. The van der Waals surface area contributed by atoms with Crippen molar-refractivity contribution in [2.75, 3.05) is 39.4 Å². The van der Waals surface area contributed by atoms with Crippen LogP contribution in [0, 0.1) is 6.92 Å². The maximum Gasteiger partial charge on any atom is 0.257 e.